The minimum atomic E-state index is -3.82. The van der Waals surface area contributed by atoms with Gasteiger partial charge in [0, 0.05) is 7.11 Å². The average molecular weight is 450 g/mol. The zero-order valence-electron chi connectivity index (χ0n) is 16.9. The molecule has 2 aromatic heterocycles. The van der Waals surface area contributed by atoms with Crippen LogP contribution in [-0.2, 0) is 22.9 Å². The van der Waals surface area contributed by atoms with Crippen molar-refractivity contribution >= 4 is 36.5 Å². The molecule has 1 fully saturated rings. The average Bonchev–Trinajstić information content (AvgIpc) is 3.15. The quantitative estimate of drug-likeness (QED) is 0.473. The first-order chi connectivity index (χ1) is 13.6. The second kappa shape index (κ2) is 8.33. The van der Waals surface area contributed by atoms with Gasteiger partial charge in [-0.2, -0.15) is 9.97 Å². The number of halogens is 1. The highest BCUT2D eigenvalue weighted by Crippen LogP contribution is 2.55. The summed E-state index contributed by atoms with van der Waals surface area (Å²) in [6, 6.07) is 0. The van der Waals surface area contributed by atoms with E-state index in [9.17, 15) is 4.57 Å². The normalized spacial score (nSPS) is 26.9. The van der Waals surface area contributed by atoms with E-state index < -0.39 is 25.0 Å². The molecule has 3 rings (SSSR count). The van der Waals surface area contributed by atoms with E-state index in [2.05, 4.69) is 15.0 Å². The van der Waals surface area contributed by atoms with Crippen molar-refractivity contribution in [2.45, 2.75) is 51.0 Å². The number of hydrogen-bond acceptors (Lipinski definition) is 10. The summed E-state index contributed by atoms with van der Waals surface area (Å²) in [4.78, 5) is 11.5. The van der Waals surface area contributed by atoms with Gasteiger partial charge in [-0.1, -0.05) is 0 Å². The van der Waals surface area contributed by atoms with Crippen LogP contribution < -0.4 is 10.5 Å². The summed E-state index contributed by atoms with van der Waals surface area (Å²) in [5, 5.41) is 0. The van der Waals surface area contributed by atoms with Crippen LogP contribution in [0.5, 0.6) is 5.88 Å². The number of anilines is 1. The molecule has 0 aliphatic carbocycles. The summed E-state index contributed by atoms with van der Waals surface area (Å²) in [6.07, 6.45) is -0.390. The highest BCUT2D eigenvalue weighted by molar-refractivity contribution is 7.48. The number of alkyl halides is 1. The molecular weight excluding hydrogens is 425 g/mol. The van der Waals surface area contributed by atoms with Crippen molar-refractivity contribution in [1.29, 1.82) is 0 Å². The molecule has 1 aliphatic rings. The number of imidazole rings is 1. The lowest BCUT2D eigenvalue weighted by molar-refractivity contribution is 0.0396. The molecule has 1 unspecified atom stereocenters. The number of nitrogens with zero attached hydrogens (tertiary/aromatic N) is 4. The lowest BCUT2D eigenvalue weighted by Crippen LogP contribution is -2.38. The first-order valence-corrected chi connectivity index (χ1v) is 10.9. The first kappa shape index (κ1) is 22.2. The Morgan fingerprint density at radius 1 is 1.48 bits per heavy atom. The Balaban J connectivity index is 1.92. The third kappa shape index (κ3) is 4.35. The third-order valence-corrected chi connectivity index (χ3v) is 6.35. The zero-order valence-corrected chi connectivity index (χ0v) is 18.5. The summed E-state index contributed by atoms with van der Waals surface area (Å²) < 4.78 is 41.7. The molecule has 0 aromatic carbocycles. The van der Waals surface area contributed by atoms with Gasteiger partial charge in [-0.25, -0.2) is 9.55 Å². The van der Waals surface area contributed by atoms with E-state index >= 15 is 0 Å². The predicted molar refractivity (Wildman–Crippen MR) is 106 cm³/mol. The molecule has 1 saturated heterocycles. The maximum absolute atomic E-state index is 12.7. The van der Waals surface area contributed by atoms with Crippen LogP contribution >= 0.6 is 19.4 Å². The van der Waals surface area contributed by atoms with E-state index in [4.69, 9.17) is 40.4 Å². The number of phosphoric acid groups is 1. The Morgan fingerprint density at radius 2 is 2.21 bits per heavy atom. The maximum Gasteiger partial charge on any atom is 0.475 e. The lowest BCUT2D eigenvalue weighted by atomic mass is 10.1. The number of fused-ring (bicyclic) bond motifs is 1. The molecule has 2 N–H and O–H groups in total. The van der Waals surface area contributed by atoms with Crippen molar-refractivity contribution < 1.29 is 27.6 Å². The molecule has 2 aromatic rings. The van der Waals surface area contributed by atoms with E-state index in [-0.39, 0.29) is 24.5 Å². The van der Waals surface area contributed by atoms with Crippen LogP contribution in [0.15, 0.2) is 6.33 Å². The molecule has 0 radical (unpaired) electrons. The molecule has 0 saturated carbocycles. The predicted octanol–water partition coefficient (Wildman–Crippen LogP) is 2.90. The van der Waals surface area contributed by atoms with Gasteiger partial charge in [-0.3, -0.25) is 18.1 Å². The molecule has 11 nitrogen and oxygen atoms in total. The van der Waals surface area contributed by atoms with Gasteiger partial charge in [0.05, 0.1) is 25.6 Å². The van der Waals surface area contributed by atoms with Crippen molar-refractivity contribution in [2.75, 3.05) is 26.1 Å². The van der Waals surface area contributed by atoms with Crippen LogP contribution in [0.4, 0.5) is 5.95 Å². The van der Waals surface area contributed by atoms with Crippen molar-refractivity contribution in [3.63, 3.8) is 0 Å². The van der Waals surface area contributed by atoms with Crippen molar-refractivity contribution in [3.8, 4) is 5.88 Å². The molecule has 0 bridgehead atoms. The van der Waals surface area contributed by atoms with Crippen LogP contribution in [-0.4, -0.2) is 56.9 Å². The number of nitrogen functional groups attached to an aromatic ring is 1. The zero-order chi connectivity index (χ0) is 21.4. The number of hydrogen-bond donors (Lipinski definition) is 1. The van der Waals surface area contributed by atoms with Crippen LogP contribution in [0.3, 0.4) is 0 Å². The highest BCUT2D eigenvalue weighted by atomic mass is 35.5. The number of rotatable bonds is 8. The smallest absolute Gasteiger partial charge is 0.475 e. The summed E-state index contributed by atoms with van der Waals surface area (Å²) >= 11 is 6.80. The maximum atomic E-state index is 12.7. The summed E-state index contributed by atoms with van der Waals surface area (Å²) in [6.45, 7) is 7.42. The Labute approximate surface area is 173 Å². The van der Waals surface area contributed by atoms with Gasteiger partial charge in [0.1, 0.15) is 11.0 Å². The molecule has 0 amide bonds. The molecule has 29 heavy (non-hydrogen) atoms. The van der Waals surface area contributed by atoms with Gasteiger partial charge in [-0.15, -0.1) is 11.6 Å². The lowest BCUT2D eigenvalue weighted by Gasteiger charge is -2.30. The Morgan fingerprint density at radius 3 is 2.83 bits per heavy atom. The van der Waals surface area contributed by atoms with E-state index in [1.807, 2.05) is 6.92 Å². The molecular formula is C16H25ClN5O6P. The van der Waals surface area contributed by atoms with Crippen LogP contribution in [0.25, 0.3) is 11.2 Å². The Hall–Kier alpha value is -1.49. The van der Waals surface area contributed by atoms with Gasteiger partial charge >= 0.3 is 7.82 Å². The number of nitrogens with two attached hydrogens (primary N) is 1. The summed E-state index contributed by atoms with van der Waals surface area (Å²) in [7, 11) is -2.57. The van der Waals surface area contributed by atoms with Gasteiger partial charge in [0.25, 0.3) is 0 Å². The molecule has 13 heteroatoms. The SMILES string of the molecule is CCOc1nc(N)nc2c1ncn2[C@@H]1OC[C@@H](OP(=O)(OC)OC(C)C)[C@@]1(C)Cl. The minimum absolute atomic E-state index is 0.0268. The van der Waals surface area contributed by atoms with Crippen LogP contribution in [0, 0.1) is 0 Å². The van der Waals surface area contributed by atoms with Gasteiger partial charge < -0.3 is 15.2 Å². The fourth-order valence-electron chi connectivity index (χ4n) is 2.99. The van der Waals surface area contributed by atoms with Gasteiger partial charge in [0.15, 0.2) is 17.4 Å². The Bertz CT molecular complexity index is 923. The van der Waals surface area contributed by atoms with E-state index in [0.717, 1.165) is 0 Å². The standard InChI is InChI=1S/C16H25ClN5O6P/c1-6-25-13-11-12(20-15(18)21-13)22(8-19-11)14-16(4,17)10(7-26-14)28-29(23,24-5)27-9(2)3/h8-10,14H,6-7H2,1-5H3,(H2,18,20,21)/t10-,14-,16-,29?/m1/s1. The van der Waals surface area contributed by atoms with Crippen molar-refractivity contribution in [3.05, 3.63) is 6.33 Å². The fourth-order valence-corrected chi connectivity index (χ4v) is 4.66. The largest absolute Gasteiger partial charge is 0.476 e. The van der Waals surface area contributed by atoms with E-state index in [1.165, 1.54) is 13.4 Å². The fraction of sp³-hybridized carbons (Fsp3) is 0.688. The highest BCUT2D eigenvalue weighted by Gasteiger charge is 2.52. The molecule has 0 spiro atoms. The van der Waals surface area contributed by atoms with Crippen molar-refractivity contribution in [1.82, 2.24) is 19.5 Å². The molecule has 1 aliphatic heterocycles. The Kier molecular flexibility index (Phi) is 6.38. The molecule has 3 heterocycles. The first-order valence-electron chi connectivity index (χ1n) is 9.07. The second-order valence-corrected chi connectivity index (χ2v) is 9.35. The van der Waals surface area contributed by atoms with Gasteiger partial charge in [0.2, 0.25) is 11.8 Å². The summed E-state index contributed by atoms with van der Waals surface area (Å²) in [5.74, 6) is 0.295. The van der Waals surface area contributed by atoms with Crippen molar-refractivity contribution in [2.24, 2.45) is 0 Å². The van der Waals surface area contributed by atoms with Gasteiger partial charge in [-0.05, 0) is 27.7 Å². The second-order valence-electron chi connectivity index (χ2n) is 6.86. The van der Waals surface area contributed by atoms with E-state index in [1.54, 1.807) is 25.3 Å². The number of aromatic nitrogens is 4. The summed E-state index contributed by atoms with van der Waals surface area (Å²) in [5.41, 5.74) is 6.63. The minimum Gasteiger partial charge on any atom is -0.476 e. The number of ether oxygens (including phenoxy) is 2. The van der Waals surface area contributed by atoms with Crippen LogP contribution in [0.1, 0.15) is 33.9 Å². The molecule has 4 atom stereocenters. The monoisotopic (exact) mass is 449 g/mol. The molecule has 162 valence electrons. The number of phosphoric ester groups is 1. The topological polar surface area (TPSA) is 133 Å². The third-order valence-electron chi connectivity index (χ3n) is 4.28. The van der Waals surface area contributed by atoms with Crippen LogP contribution in [0.2, 0.25) is 0 Å². The van der Waals surface area contributed by atoms with E-state index in [0.29, 0.717) is 17.8 Å².